The smallest absolute Gasteiger partial charge is 0.411 e. The summed E-state index contributed by atoms with van der Waals surface area (Å²) in [5, 5.41) is 14.1. The molecule has 8 nitrogen and oxygen atoms in total. The summed E-state index contributed by atoms with van der Waals surface area (Å²) in [5.74, 6) is -1.36. The predicted molar refractivity (Wildman–Crippen MR) is 127 cm³/mol. The number of pyridine rings is 1. The molecular weight excluding hydrogens is 434 g/mol. The second-order valence-corrected chi connectivity index (χ2v) is 8.19. The van der Waals surface area contributed by atoms with Crippen molar-refractivity contribution in [3.63, 3.8) is 0 Å². The number of aromatic nitrogens is 1. The molecule has 0 aliphatic heterocycles. The number of fused-ring (bicyclic) bond motifs is 3. The highest BCUT2D eigenvalue weighted by atomic mass is 16.5. The molecule has 0 fully saturated rings. The Labute approximate surface area is 197 Å². The van der Waals surface area contributed by atoms with Crippen molar-refractivity contribution in [2.75, 3.05) is 11.9 Å². The number of ether oxygens (including phenoxy) is 1. The van der Waals surface area contributed by atoms with Gasteiger partial charge in [-0.05, 0) is 47.7 Å². The first-order chi connectivity index (χ1) is 16.4. The standard InChI is InChI=1S/C26H25N3O5/c1-16(10-13-24(30)31)28-25(32)23-12-11-17(14-27-23)29-26(33)34-15-22-20-8-4-2-6-18(20)19-7-3-5-9-21(19)22/h2-9,11-12,14,16,22H,10,13,15H2,1H3,(H,28,32)(H,29,33)(H,30,31). The average molecular weight is 460 g/mol. The molecule has 4 rings (SSSR count). The van der Waals surface area contributed by atoms with Crippen molar-refractivity contribution in [2.45, 2.75) is 31.7 Å². The van der Waals surface area contributed by atoms with Gasteiger partial charge in [-0.2, -0.15) is 0 Å². The Morgan fingerprint density at radius 2 is 1.65 bits per heavy atom. The number of anilines is 1. The van der Waals surface area contributed by atoms with Crippen LogP contribution in [0.15, 0.2) is 66.9 Å². The topological polar surface area (TPSA) is 118 Å². The Morgan fingerprint density at radius 1 is 1.00 bits per heavy atom. The second kappa shape index (κ2) is 10.2. The van der Waals surface area contributed by atoms with E-state index in [1.54, 1.807) is 13.0 Å². The lowest BCUT2D eigenvalue weighted by molar-refractivity contribution is -0.137. The summed E-state index contributed by atoms with van der Waals surface area (Å²) in [6, 6.07) is 19.0. The van der Waals surface area contributed by atoms with Gasteiger partial charge in [0.05, 0.1) is 11.9 Å². The molecule has 0 spiro atoms. The van der Waals surface area contributed by atoms with E-state index in [-0.39, 0.29) is 30.7 Å². The summed E-state index contributed by atoms with van der Waals surface area (Å²) in [5.41, 5.74) is 5.13. The molecule has 1 heterocycles. The number of carbonyl (C=O) groups excluding carboxylic acids is 2. The molecule has 34 heavy (non-hydrogen) atoms. The number of hydrogen-bond acceptors (Lipinski definition) is 5. The van der Waals surface area contributed by atoms with Crippen molar-refractivity contribution in [2.24, 2.45) is 0 Å². The number of carboxylic acid groups (broad SMARTS) is 1. The molecule has 0 radical (unpaired) electrons. The van der Waals surface area contributed by atoms with Gasteiger partial charge >= 0.3 is 12.1 Å². The predicted octanol–water partition coefficient (Wildman–Crippen LogP) is 4.43. The van der Waals surface area contributed by atoms with Crippen molar-refractivity contribution >= 4 is 23.7 Å². The fourth-order valence-electron chi connectivity index (χ4n) is 4.06. The van der Waals surface area contributed by atoms with Crippen LogP contribution in [0.3, 0.4) is 0 Å². The third-order valence-corrected chi connectivity index (χ3v) is 5.75. The number of carboxylic acids is 1. The van der Waals surface area contributed by atoms with Crippen LogP contribution in [-0.2, 0) is 9.53 Å². The van der Waals surface area contributed by atoms with Crippen molar-refractivity contribution in [3.8, 4) is 11.1 Å². The number of benzene rings is 2. The van der Waals surface area contributed by atoms with Crippen LogP contribution in [0.25, 0.3) is 11.1 Å². The highest BCUT2D eigenvalue weighted by molar-refractivity contribution is 5.93. The fourth-order valence-corrected chi connectivity index (χ4v) is 4.06. The fraction of sp³-hybridized carbons (Fsp3) is 0.231. The van der Waals surface area contributed by atoms with Crippen molar-refractivity contribution < 1.29 is 24.2 Å². The Hall–Kier alpha value is -4.20. The molecule has 0 bridgehead atoms. The van der Waals surface area contributed by atoms with E-state index >= 15 is 0 Å². The summed E-state index contributed by atoms with van der Waals surface area (Å²) in [6.45, 7) is 1.93. The minimum absolute atomic E-state index is 0.0299. The second-order valence-electron chi connectivity index (χ2n) is 8.19. The quantitative estimate of drug-likeness (QED) is 0.459. The van der Waals surface area contributed by atoms with Gasteiger partial charge in [0.25, 0.3) is 5.91 Å². The molecule has 1 aromatic heterocycles. The zero-order valence-electron chi connectivity index (χ0n) is 18.7. The van der Waals surface area contributed by atoms with E-state index < -0.39 is 18.0 Å². The molecule has 0 saturated carbocycles. The molecule has 1 unspecified atom stereocenters. The Balaban J connectivity index is 1.32. The molecule has 174 valence electrons. The van der Waals surface area contributed by atoms with Gasteiger partial charge in [0.2, 0.25) is 0 Å². The number of nitrogens with one attached hydrogen (secondary N) is 2. The van der Waals surface area contributed by atoms with Gasteiger partial charge < -0.3 is 15.2 Å². The van der Waals surface area contributed by atoms with E-state index in [9.17, 15) is 14.4 Å². The van der Waals surface area contributed by atoms with Crippen LogP contribution in [0, 0.1) is 0 Å². The first kappa shape index (κ1) is 23.0. The first-order valence-corrected chi connectivity index (χ1v) is 11.0. The minimum Gasteiger partial charge on any atom is -0.481 e. The lowest BCUT2D eigenvalue weighted by Gasteiger charge is -2.15. The molecule has 1 aliphatic carbocycles. The number of hydrogen-bond donors (Lipinski definition) is 3. The van der Waals surface area contributed by atoms with E-state index in [0.29, 0.717) is 12.1 Å². The minimum atomic E-state index is -0.914. The molecule has 3 N–H and O–H groups in total. The van der Waals surface area contributed by atoms with Gasteiger partial charge in [-0.3, -0.25) is 14.9 Å². The summed E-state index contributed by atoms with van der Waals surface area (Å²) >= 11 is 0. The van der Waals surface area contributed by atoms with Crippen molar-refractivity contribution in [1.29, 1.82) is 0 Å². The first-order valence-electron chi connectivity index (χ1n) is 11.0. The lowest BCUT2D eigenvalue weighted by atomic mass is 9.98. The highest BCUT2D eigenvalue weighted by Crippen LogP contribution is 2.44. The largest absolute Gasteiger partial charge is 0.481 e. The Kier molecular flexibility index (Phi) is 6.87. The normalized spacial score (nSPS) is 12.9. The molecule has 1 aliphatic rings. The lowest BCUT2D eigenvalue weighted by Crippen LogP contribution is -2.33. The molecule has 3 aromatic rings. The van der Waals surface area contributed by atoms with E-state index in [1.807, 2.05) is 24.3 Å². The average Bonchev–Trinajstić information content (AvgIpc) is 3.15. The van der Waals surface area contributed by atoms with Crippen LogP contribution in [0.2, 0.25) is 0 Å². The van der Waals surface area contributed by atoms with Crippen molar-refractivity contribution in [1.82, 2.24) is 10.3 Å². The highest BCUT2D eigenvalue weighted by Gasteiger charge is 2.29. The van der Waals surface area contributed by atoms with Crippen LogP contribution in [0.5, 0.6) is 0 Å². The van der Waals surface area contributed by atoms with Gasteiger partial charge in [-0.1, -0.05) is 48.5 Å². The summed E-state index contributed by atoms with van der Waals surface area (Å²) < 4.78 is 5.52. The molecule has 8 heteroatoms. The summed E-state index contributed by atoms with van der Waals surface area (Å²) in [4.78, 5) is 39.4. The van der Waals surface area contributed by atoms with Crippen LogP contribution < -0.4 is 10.6 Å². The maximum Gasteiger partial charge on any atom is 0.411 e. The Bertz CT molecular complexity index is 1160. The number of aliphatic carboxylic acids is 1. The summed E-state index contributed by atoms with van der Waals surface area (Å²) in [7, 11) is 0. The molecule has 2 amide bonds. The van der Waals surface area contributed by atoms with Gasteiger partial charge in [-0.15, -0.1) is 0 Å². The number of nitrogens with zero attached hydrogens (tertiary/aromatic N) is 1. The van der Waals surface area contributed by atoms with Gasteiger partial charge in [-0.25, -0.2) is 9.78 Å². The SMILES string of the molecule is CC(CCC(=O)O)NC(=O)c1ccc(NC(=O)OCC2c3ccccc3-c3ccccc32)cn1. The van der Waals surface area contributed by atoms with Gasteiger partial charge in [0.15, 0.2) is 0 Å². The Morgan fingerprint density at radius 3 is 2.24 bits per heavy atom. The number of amides is 2. The molecular formula is C26H25N3O5. The maximum atomic E-state index is 12.4. The van der Waals surface area contributed by atoms with E-state index in [0.717, 1.165) is 22.3 Å². The monoisotopic (exact) mass is 459 g/mol. The van der Waals surface area contributed by atoms with Crippen molar-refractivity contribution in [3.05, 3.63) is 83.7 Å². The molecule has 2 aromatic carbocycles. The van der Waals surface area contributed by atoms with Gasteiger partial charge in [0.1, 0.15) is 12.3 Å². The van der Waals surface area contributed by atoms with Crippen LogP contribution in [-0.4, -0.2) is 40.7 Å². The molecule has 0 saturated heterocycles. The zero-order chi connectivity index (χ0) is 24.1. The van der Waals surface area contributed by atoms with Gasteiger partial charge in [0, 0.05) is 18.4 Å². The van der Waals surface area contributed by atoms with Crippen LogP contribution in [0.4, 0.5) is 10.5 Å². The third kappa shape index (κ3) is 5.23. The number of rotatable bonds is 8. The van der Waals surface area contributed by atoms with Crippen LogP contribution >= 0.6 is 0 Å². The van der Waals surface area contributed by atoms with Crippen LogP contribution in [0.1, 0.15) is 47.3 Å². The summed E-state index contributed by atoms with van der Waals surface area (Å²) in [6.07, 6.45) is 1.06. The number of carbonyl (C=O) groups is 3. The zero-order valence-corrected chi connectivity index (χ0v) is 18.7. The maximum absolute atomic E-state index is 12.4. The van der Waals surface area contributed by atoms with E-state index in [1.165, 1.54) is 12.3 Å². The third-order valence-electron chi connectivity index (χ3n) is 5.75. The van der Waals surface area contributed by atoms with E-state index in [2.05, 4.69) is 39.9 Å². The van der Waals surface area contributed by atoms with E-state index in [4.69, 9.17) is 9.84 Å². The molecule has 1 atom stereocenters.